The van der Waals surface area contributed by atoms with Crippen molar-refractivity contribution in [2.45, 2.75) is 82.1 Å². The van der Waals surface area contributed by atoms with Crippen LogP contribution < -0.4 is 0 Å². The zero-order valence-electron chi connectivity index (χ0n) is 13.6. The molecule has 0 nitrogen and oxygen atoms in total. The summed E-state index contributed by atoms with van der Waals surface area (Å²) >= 11 is 0. The van der Waals surface area contributed by atoms with E-state index in [1.165, 1.54) is 23.1 Å². The largest absolute Gasteiger partial charge is 0.100 e. The molecule has 0 N–H and O–H groups in total. The molecule has 0 heteroatoms. The fraction of sp³-hybridized carbons (Fsp3) is 0.750. The summed E-state index contributed by atoms with van der Waals surface area (Å²) in [7, 11) is 0. The average molecular weight is 228 g/mol. The molecule has 0 heterocycles. The van der Waals surface area contributed by atoms with Crippen LogP contribution in [0.2, 0.25) is 0 Å². The second-order valence-corrected chi connectivity index (χ2v) is 3.44. The molecule has 100 valence electrons. The van der Waals surface area contributed by atoms with E-state index in [0.29, 0.717) is 0 Å². The van der Waals surface area contributed by atoms with Gasteiger partial charge in [-0.2, -0.15) is 0 Å². The van der Waals surface area contributed by atoms with E-state index in [1.807, 2.05) is 34.6 Å². The van der Waals surface area contributed by atoms with Crippen molar-refractivity contribution in [3.63, 3.8) is 0 Å². The molecule has 0 radical (unpaired) electrons. The third-order valence-electron chi connectivity index (χ3n) is 1.99. The van der Waals surface area contributed by atoms with Crippen LogP contribution in [0.5, 0.6) is 0 Å². The summed E-state index contributed by atoms with van der Waals surface area (Å²) in [4.78, 5) is 0. The van der Waals surface area contributed by atoms with Gasteiger partial charge in [0.15, 0.2) is 0 Å². The van der Waals surface area contributed by atoms with Gasteiger partial charge in [-0.15, -0.1) is 6.58 Å². The summed E-state index contributed by atoms with van der Waals surface area (Å²) in [6.45, 7) is 24.5. The molecule has 0 saturated heterocycles. The van der Waals surface area contributed by atoms with E-state index in [-0.39, 0.29) is 0 Å². The van der Waals surface area contributed by atoms with Gasteiger partial charge in [0, 0.05) is 0 Å². The molecule has 0 fully saturated rings. The number of hydrogen-bond donors (Lipinski definition) is 0. The molecule has 0 aliphatic heterocycles. The lowest BCUT2D eigenvalue weighted by Crippen LogP contribution is -1.73. The van der Waals surface area contributed by atoms with Gasteiger partial charge in [0.05, 0.1) is 0 Å². The van der Waals surface area contributed by atoms with Crippen LogP contribution in [0.25, 0.3) is 0 Å². The number of allylic oxidation sites excluding steroid dienone is 3. The van der Waals surface area contributed by atoms with E-state index in [1.54, 1.807) is 0 Å². The van der Waals surface area contributed by atoms with Gasteiger partial charge in [-0.05, 0) is 40.5 Å². The van der Waals surface area contributed by atoms with Gasteiger partial charge in [0.25, 0.3) is 0 Å². The quantitative estimate of drug-likeness (QED) is 0.457. The monoisotopic (exact) mass is 228 g/mol. The van der Waals surface area contributed by atoms with Crippen LogP contribution in [-0.2, 0) is 0 Å². The molecule has 0 unspecified atom stereocenters. The molecule has 0 aromatic heterocycles. The first-order valence-corrected chi connectivity index (χ1v) is 6.72. The van der Waals surface area contributed by atoms with Crippen LogP contribution in [0.15, 0.2) is 23.3 Å². The molecule has 0 rings (SSSR count). The Bertz CT molecular complexity index is 145. The fourth-order valence-corrected chi connectivity index (χ4v) is 0.354. The SMILES string of the molecule is C=C(C)CC.CC.CC.CCC(C)=C(C)C. The lowest BCUT2D eigenvalue weighted by molar-refractivity contribution is 1.05. The summed E-state index contributed by atoms with van der Waals surface area (Å²) in [5, 5.41) is 0. The average Bonchev–Trinajstić information content (AvgIpc) is 2.33. The highest BCUT2D eigenvalue weighted by Crippen LogP contribution is 2.04. The highest BCUT2D eigenvalue weighted by atomic mass is 13.9. The Labute approximate surface area is 106 Å². The Morgan fingerprint density at radius 1 is 0.750 bits per heavy atom. The molecule has 0 aromatic carbocycles. The predicted octanol–water partition coefficient (Wildman–Crippen LogP) is 6.78. The highest BCUT2D eigenvalue weighted by molar-refractivity contribution is 5.05. The maximum Gasteiger partial charge on any atom is -0.0349 e. The second kappa shape index (κ2) is 24.0. The van der Waals surface area contributed by atoms with E-state index >= 15 is 0 Å². The molecular weight excluding hydrogens is 192 g/mol. The number of hydrogen-bond acceptors (Lipinski definition) is 0. The summed E-state index contributed by atoms with van der Waals surface area (Å²) < 4.78 is 0. The third kappa shape index (κ3) is 37.5. The van der Waals surface area contributed by atoms with Crippen molar-refractivity contribution in [3.8, 4) is 0 Å². The molecule has 0 aromatic rings. The Morgan fingerprint density at radius 3 is 1.00 bits per heavy atom. The summed E-state index contributed by atoms with van der Waals surface area (Å²) in [5.74, 6) is 0. The van der Waals surface area contributed by atoms with Gasteiger partial charge in [0.1, 0.15) is 0 Å². The maximum absolute atomic E-state index is 3.67. The Hall–Kier alpha value is -0.520. The highest BCUT2D eigenvalue weighted by Gasteiger charge is 1.82. The molecule has 0 aliphatic rings. The number of rotatable bonds is 2. The zero-order chi connectivity index (χ0) is 14.1. The normalized spacial score (nSPS) is 6.88. The first-order chi connectivity index (χ1) is 7.45. The first-order valence-electron chi connectivity index (χ1n) is 6.72. The fourth-order valence-electron chi connectivity index (χ4n) is 0.354. The maximum atomic E-state index is 3.67. The van der Waals surface area contributed by atoms with E-state index in [4.69, 9.17) is 0 Å². The van der Waals surface area contributed by atoms with Crippen LogP contribution in [0.4, 0.5) is 0 Å². The lowest BCUT2D eigenvalue weighted by Gasteiger charge is -1.94. The minimum Gasteiger partial charge on any atom is -0.100 e. The third-order valence-corrected chi connectivity index (χ3v) is 1.99. The minimum atomic E-state index is 1.11. The van der Waals surface area contributed by atoms with Gasteiger partial charge >= 0.3 is 0 Å². The predicted molar refractivity (Wildman–Crippen MR) is 82.1 cm³/mol. The van der Waals surface area contributed by atoms with Crippen LogP contribution in [-0.4, -0.2) is 0 Å². The molecule has 0 spiro atoms. The Balaban J connectivity index is -0.0000000704. The van der Waals surface area contributed by atoms with Gasteiger partial charge in [0.2, 0.25) is 0 Å². The van der Waals surface area contributed by atoms with Crippen LogP contribution >= 0.6 is 0 Å². The first kappa shape index (κ1) is 24.6. The molecule has 0 aliphatic carbocycles. The van der Waals surface area contributed by atoms with Gasteiger partial charge in [-0.1, -0.05) is 58.3 Å². The molecule has 0 amide bonds. The summed E-state index contributed by atoms with van der Waals surface area (Å²) in [5.41, 5.74) is 4.23. The standard InChI is InChI=1S/C7H14.C5H10.2C2H6/c1-5-7(4)6(2)3;1-4-5(2)3;2*1-2/h5H2,1-4H3;2,4H2,1,3H3;2*1-2H3. The second-order valence-electron chi connectivity index (χ2n) is 3.44. The summed E-state index contributed by atoms with van der Waals surface area (Å²) in [6, 6.07) is 0. The molecular formula is C16H36. The molecule has 0 atom stereocenters. The van der Waals surface area contributed by atoms with Crippen molar-refractivity contribution in [2.24, 2.45) is 0 Å². The summed E-state index contributed by atoms with van der Waals surface area (Å²) in [6.07, 6.45) is 2.31. The molecule has 0 saturated carbocycles. The van der Waals surface area contributed by atoms with Gasteiger partial charge in [-0.3, -0.25) is 0 Å². The zero-order valence-corrected chi connectivity index (χ0v) is 13.6. The van der Waals surface area contributed by atoms with Crippen LogP contribution in [0.3, 0.4) is 0 Å². The topological polar surface area (TPSA) is 0 Å². The van der Waals surface area contributed by atoms with Gasteiger partial charge in [-0.25, -0.2) is 0 Å². The van der Waals surface area contributed by atoms with E-state index in [9.17, 15) is 0 Å². The Morgan fingerprint density at radius 2 is 1.00 bits per heavy atom. The van der Waals surface area contributed by atoms with E-state index in [0.717, 1.165) is 6.42 Å². The molecule has 0 bridgehead atoms. The van der Waals surface area contributed by atoms with Crippen molar-refractivity contribution in [1.29, 1.82) is 0 Å². The van der Waals surface area contributed by atoms with Crippen LogP contribution in [0.1, 0.15) is 82.1 Å². The van der Waals surface area contributed by atoms with Crippen molar-refractivity contribution in [1.82, 2.24) is 0 Å². The van der Waals surface area contributed by atoms with Crippen molar-refractivity contribution < 1.29 is 0 Å². The lowest BCUT2D eigenvalue weighted by atomic mass is 10.1. The van der Waals surface area contributed by atoms with Crippen molar-refractivity contribution >= 4 is 0 Å². The van der Waals surface area contributed by atoms with Gasteiger partial charge < -0.3 is 0 Å². The van der Waals surface area contributed by atoms with Crippen molar-refractivity contribution in [3.05, 3.63) is 23.3 Å². The van der Waals surface area contributed by atoms with E-state index < -0.39 is 0 Å². The van der Waals surface area contributed by atoms with Crippen molar-refractivity contribution in [2.75, 3.05) is 0 Å². The minimum absolute atomic E-state index is 1.11. The van der Waals surface area contributed by atoms with Crippen LogP contribution in [0, 0.1) is 0 Å². The van der Waals surface area contributed by atoms with E-state index in [2.05, 4.69) is 41.2 Å². The molecule has 16 heavy (non-hydrogen) atoms. The Kier molecular flexibility index (Phi) is 36.9. The smallest absolute Gasteiger partial charge is 0.0349 e.